The Balaban J connectivity index is 1.59. The molecule has 7 heteroatoms. The van der Waals surface area contributed by atoms with Crippen molar-refractivity contribution in [3.05, 3.63) is 84.4 Å². The molecule has 0 saturated heterocycles. The standard InChI is InChI=1S/C27H28N2O5/c1-19(2)29(23-13-11-22(12-14-23)28-21-7-5-4-6-8-21)26(31)18-34-27(32)16-10-20-9-15-24(30)25(17-20)33-3/h4-17,19,28,30H,18H2,1-3H3/b16-10+. The molecule has 0 unspecified atom stereocenters. The molecule has 0 aromatic heterocycles. The van der Waals surface area contributed by atoms with Crippen molar-refractivity contribution in [2.24, 2.45) is 0 Å². The minimum Gasteiger partial charge on any atom is -0.504 e. The summed E-state index contributed by atoms with van der Waals surface area (Å²) in [6, 6.07) is 21.8. The molecule has 7 nitrogen and oxygen atoms in total. The average Bonchev–Trinajstić information content (AvgIpc) is 2.84. The van der Waals surface area contributed by atoms with Gasteiger partial charge in [-0.1, -0.05) is 24.3 Å². The Hall–Kier alpha value is -4.26. The number of amides is 1. The summed E-state index contributed by atoms with van der Waals surface area (Å²) < 4.78 is 10.2. The second-order valence-corrected chi connectivity index (χ2v) is 7.77. The maximum absolute atomic E-state index is 12.8. The minimum absolute atomic E-state index is 0.00507. The normalized spacial score (nSPS) is 10.8. The predicted molar refractivity (Wildman–Crippen MR) is 133 cm³/mol. The third kappa shape index (κ3) is 6.62. The number of anilines is 3. The summed E-state index contributed by atoms with van der Waals surface area (Å²) in [5, 5.41) is 12.9. The van der Waals surface area contributed by atoms with Crippen molar-refractivity contribution in [3.8, 4) is 11.5 Å². The van der Waals surface area contributed by atoms with Crippen LogP contribution in [0.1, 0.15) is 19.4 Å². The van der Waals surface area contributed by atoms with Gasteiger partial charge in [-0.05, 0) is 74.0 Å². The van der Waals surface area contributed by atoms with E-state index in [1.54, 1.807) is 17.0 Å². The number of carbonyl (C=O) groups excluding carboxylic acids is 2. The van der Waals surface area contributed by atoms with Gasteiger partial charge in [0.05, 0.1) is 7.11 Å². The molecule has 3 rings (SSSR count). The van der Waals surface area contributed by atoms with Gasteiger partial charge in [-0.15, -0.1) is 0 Å². The second-order valence-electron chi connectivity index (χ2n) is 7.77. The molecule has 0 heterocycles. The predicted octanol–water partition coefficient (Wildman–Crippen LogP) is 5.14. The molecule has 2 N–H and O–H groups in total. The zero-order valence-corrected chi connectivity index (χ0v) is 19.4. The third-order valence-electron chi connectivity index (χ3n) is 4.95. The molecule has 176 valence electrons. The van der Waals surface area contributed by atoms with Crippen molar-refractivity contribution in [2.45, 2.75) is 19.9 Å². The van der Waals surface area contributed by atoms with Crippen LogP contribution in [0.25, 0.3) is 6.08 Å². The monoisotopic (exact) mass is 460 g/mol. The summed E-state index contributed by atoms with van der Waals surface area (Å²) in [6.45, 7) is 3.41. The SMILES string of the molecule is COc1cc(/C=C/C(=O)OCC(=O)N(c2ccc(Nc3ccccc3)cc2)C(C)C)ccc1O. The summed E-state index contributed by atoms with van der Waals surface area (Å²) in [6.07, 6.45) is 2.75. The van der Waals surface area contributed by atoms with Crippen LogP contribution in [0.4, 0.5) is 17.1 Å². The van der Waals surface area contributed by atoms with E-state index in [-0.39, 0.29) is 24.3 Å². The van der Waals surface area contributed by atoms with Crippen molar-refractivity contribution >= 4 is 35.0 Å². The number of para-hydroxylation sites is 1. The topological polar surface area (TPSA) is 88.1 Å². The fraction of sp³-hybridized carbons (Fsp3) is 0.185. The van der Waals surface area contributed by atoms with Crippen LogP contribution in [-0.4, -0.2) is 36.7 Å². The quantitative estimate of drug-likeness (QED) is 0.339. The van der Waals surface area contributed by atoms with Gasteiger partial charge in [0.1, 0.15) is 0 Å². The number of methoxy groups -OCH3 is 1. The lowest BCUT2D eigenvalue weighted by atomic mass is 10.2. The molecular formula is C27H28N2O5. The number of rotatable bonds is 9. The van der Waals surface area contributed by atoms with Crippen LogP contribution in [0.2, 0.25) is 0 Å². The number of hydrogen-bond acceptors (Lipinski definition) is 6. The molecule has 1 amide bonds. The van der Waals surface area contributed by atoms with E-state index in [2.05, 4.69) is 5.32 Å². The zero-order valence-electron chi connectivity index (χ0n) is 19.4. The van der Waals surface area contributed by atoms with Gasteiger partial charge in [0, 0.05) is 29.2 Å². The van der Waals surface area contributed by atoms with Crippen LogP contribution in [0.15, 0.2) is 78.9 Å². The van der Waals surface area contributed by atoms with Gasteiger partial charge in [0.15, 0.2) is 18.1 Å². The van der Waals surface area contributed by atoms with Crippen LogP contribution in [0.3, 0.4) is 0 Å². The summed E-state index contributed by atoms with van der Waals surface area (Å²) in [7, 11) is 1.44. The molecule has 0 radical (unpaired) electrons. The first-order chi connectivity index (χ1) is 16.4. The van der Waals surface area contributed by atoms with Gasteiger partial charge in [-0.25, -0.2) is 4.79 Å². The Morgan fingerprint density at radius 2 is 1.68 bits per heavy atom. The highest BCUT2D eigenvalue weighted by Crippen LogP contribution is 2.27. The molecule has 0 aliphatic heterocycles. The van der Waals surface area contributed by atoms with E-state index < -0.39 is 5.97 Å². The van der Waals surface area contributed by atoms with E-state index >= 15 is 0 Å². The minimum atomic E-state index is -0.647. The lowest BCUT2D eigenvalue weighted by Crippen LogP contribution is -2.39. The Bertz CT molecular complexity index is 1140. The number of aromatic hydroxyl groups is 1. The van der Waals surface area contributed by atoms with Gasteiger partial charge >= 0.3 is 5.97 Å². The number of nitrogens with one attached hydrogen (secondary N) is 1. The molecule has 0 aliphatic carbocycles. The Morgan fingerprint density at radius 1 is 1.00 bits per heavy atom. The van der Waals surface area contributed by atoms with E-state index in [1.807, 2.05) is 68.4 Å². The Morgan fingerprint density at radius 3 is 2.32 bits per heavy atom. The first-order valence-corrected chi connectivity index (χ1v) is 10.8. The summed E-state index contributed by atoms with van der Waals surface area (Å²) in [5.41, 5.74) is 3.22. The number of phenols is 1. The Kier molecular flexibility index (Phi) is 8.29. The lowest BCUT2D eigenvalue weighted by Gasteiger charge is -2.27. The fourth-order valence-corrected chi connectivity index (χ4v) is 3.34. The molecule has 0 fully saturated rings. The van der Waals surface area contributed by atoms with Crippen molar-refractivity contribution in [3.63, 3.8) is 0 Å². The largest absolute Gasteiger partial charge is 0.504 e. The fourth-order valence-electron chi connectivity index (χ4n) is 3.34. The summed E-state index contributed by atoms with van der Waals surface area (Å²) in [5.74, 6) is -0.674. The molecule has 0 saturated carbocycles. The smallest absolute Gasteiger partial charge is 0.331 e. The molecule has 34 heavy (non-hydrogen) atoms. The van der Waals surface area contributed by atoms with Crippen LogP contribution < -0.4 is 15.0 Å². The molecule has 0 bridgehead atoms. The number of carbonyl (C=O) groups is 2. The number of benzene rings is 3. The van der Waals surface area contributed by atoms with Gasteiger partial charge in [0.25, 0.3) is 5.91 Å². The van der Waals surface area contributed by atoms with Crippen LogP contribution in [-0.2, 0) is 14.3 Å². The summed E-state index contributed by atoms with van der Waals surface area (Å²) in [4.78, 5) is 26.5. The number of phenolic OH excluding ortho intramolecular Hbond substituents is 1. The van der Waals surface area contributed by atoms with Crippen LogP contribution in [0, 0.1) is 0 Å². The van der Waals surface area contributed by atoms with Crippen molar-refractivity contribution < 1.29 is 24.2 Å². The van der Waals surface area contributed by atoms with Crippen molar-refractivity contribution in [1.82, 2.24) is 0 Å². The average molecular weight is 461 g/mol. The highest BCUT2D eigenvalue weighted by Gasteiger charge is 2.20. The molecule has 3 aromatic carbocycles. The first-order valence-electron chi connectivity index (χ1n) is 10.8. The molecule has 0 aliphatic rings. The van der Waals surface area contributed by atoms with Gasteiger partial charge < -0.3 is 24.8 Å². The lowest BCUT2D eigenvalue weighted by molar-refractivity contribution is -0.143. The highest BCUT2D eigenvalue weighted by molar-refractivity contribution is 5.97. The maximum atomic E-state index is 12.8. The van der Waals surface area contributed by atoms with E-state index in [0.29, 0.717) is 17.0 Å². The van der Waals surface area contributed by atoms with Gasteiger partial charge in [-0.2, -0.15) is 0 Å². The molecule has 3 aromatic rings. The van der Waals surface area contributed by atoms with E-state index in [0.717, 1.165) is 11.4 Å². The highest BCUT2D eigenvalue weighted by atomic mass is 16.5. The molecule has 0 atom stereocenters. The summed E-state index contributed by atoms with van der Waals surface area (Å²) >= 11 is 0. The maximum Gasteiger partial charge on any atom is 0.331 e. The van der Waals surface area contributed by atoms with Crippen LogP contribution in [0.5, 0.6) is 11.5 Å². The van der Waals surface area contributed by atoms with E-state index in [9.17, 15) is 14.7 Å². The number of ether oxygens (including phenoxy) is 2. The molecule has 0 spiro atoms. The van der Waals surface area contributed by atoms with Crippen molar-refractivity contribution in [2.75, 3.05) is 23.9 Å². The van der Waals surface area contributed by atoms with E-state index in [4.69, 9.17) is 9.47 Å². The number of hydrogen-bond donors (Lipinski definition) is 2. The van der Waals surface area contributed by atoms with E-state index in [1.165, 1.54) is 25.3 Å². The molecular weight excluding hydrogens is 432 g/mol. The first kappa shape index (κ1) is 24.4. The third-order valence-corrected chi connectivity index (χ3v) is 4.95. The van der Waals surface area contributed by atoms with Gasteiger partial charge in [0.2, 0.25) is 0 Å². The second kappa shape index (κ2) is 11.6. The van der Waals surface area contributed by atoms with Crippen molar-refractivity contribution in [1.29, 1.82) is 0 Å². The number of esters is 1. The van der Waals surface area contributed by atoms with Gasteiger partial charge in [-0.3, -0.25) is 4.79 Å². The number of nitrogens with zero attached hydrogens (tertiary/aromatic N) is 1. The van der Waals surface area contributed by atoms with Crippen LogP contribution >= 0.6 is 0 Å². The zero-order chi connectivity index (χ0) is 24.5. The Labute approximate surface area is 199 Å².